The van der Waals surface area contributed by atoms with E-state index in [1.807, 2.05) is 60.7 Å². The second-order valence-electron chi connectivity index (χ2n) is 9.10. The first kappa shape index (κ1) is 27.7. The average Bonchev–Trinajstić information content (AvgIpc) is 3.42. The van der Waals surface area contributed by atoms with Gasteiger partial charge in [-0.15, -0.1) is 0 Å². The highest BCUT2D eigenvalue weighted by molar-refractivity contribution is 9.10. The van der Waals surface area contributed by atoms with E-state index in [4.69, 9.17) is 39.8 Å². The lowest BCUT2D eigenvalue weighted by Crippen LogP contribution is -2.46. The Morgan fingerprint density at radius 1 is 0.923 bits per heavy atom. The average molecular weight is 644 g/mol. The quantitative estimate of drug-likeness (QED) is 0.213. The number of hydrogen-bond donors (Lipinski definition) is 2. The van der Waals surface area contributed by atoms with Gasteiger partial charge in [0.25, 0.3) is 5.91 Å². The number of benzene rings is 3. The Labute approximate surface area is 251 Å². The Hall–Kier alpha value is -2.88. The molecule has 0 aliphatic carbocycles. The molecule has 1 amide bonds. The summed E-state index contributed by atoms with van der Waals surface area (Å²) in [6.07, 6.45) is 0. The number of carbonyl (C=O) groups excluding carboxylic acids is 1. The van der Waals surface area contributed by atoms with E-state index < -0.39 is 5.91 Å². The summed E-state index contributed by atoms with van der Waals surface area (Å²) in [5.41, 5.74) is 3.66. The molecule has 1 fully saturated rings. The molecule has 3 aromatic carbocycles. The molecule has 0 radical (unpaired) electrons. The minimum absolute atomic E-state index is 0.151. The van der Waals surface area contributed by atoms with Crippen LogP contribution in [0.15, 0.2) is 87.8 Å². The number of amides is 1. The van der Waals surface area contributed by atoms with Crippen LogP contribution in [-0.4, -0.2) is 42.1 Å². The molecule has 200 valence electrons. The van der Waals surface area contributed by atoms with Gasteiger partial charge in [-0.3, -0.25) is 15.0 Å². The smallest absolute Gasteiger partial charge is 0.293 e. The summed E-state index contributed by atoms with van der Waals surface area (Å²) in [6.45, 7) is 4.37. The van der Waals surface area contributed by atoms with Gasteiger partial charge in [-0.2, -0.15) is 0 Å². The third-order valence-corrected chi connectivity index (χ3v) is 7.86. The van der Waals surface area contributed by atoms with Crippen molar-refractivity contribution in [2.75, 3.05) is 36.4 Å². The summed E-state index contributed by atoms with van der Waals surface area (Å²) in [5, 5.41) is 7.25. The molecule has 2 heterocycles. The standard InChI is InChI=1S/C29H25BrCl2N4O2S/c30-21-7-5-19(6-8-21)26-11-12-27(38-26)28(37)34-29(39)33-22-9-10-25(24(32)17-22)36-15-13-35(14-16-36)18-20-3-1-2-4-23(20)31/h1-12,17H,13-16,18H2,(H2,33,34,37,39). The van der Waals surface area contributed by atoms with E-state index in [1.54, 1.807) is 12.1 Å². The molecule has 0 bridgehead atoms. The second kappa shape index (κ2) is 12.5. The van der Waals surface area contributed by atoms with Crippen molar-refractivity contribution < 1.29 is 9.21 Å². The minimum Gasteiger partial charge on any atom is -0.451 e. The second-order valence-corrected chi connectivity index (χ2v) is 11.2. The number of carbonyl (C=O) groups is 1. The molecule has 1 saturated heterocycles. The largest absolute Gasteiger partial charge is 0.451 e. The van der Waals surface area contributed by atoms with Crippen molar-refractivity contribution in [3.8, 4) is 11.3 Å². The van der Waals surface area contributed by atoms with Crippen LogP contribution in [0.2, 0.25) is 10.0 Å². The topological polar surface area (TPSA) is 60.8 Å². The summed E-state index contributed by atoms with van der Waals surface area (Å²) in [6, 6.07) is 24.7. The molecular formula is C29H25BrCl2N4O2S. The van der Waals surface area contributed by atoms with Crippen LogP contribution in [0.3, 0.4) is 0 Å². The zero-order valence-electron chi connectivity index (χ0n) is 20.8. The van der Waals surface area contributed by atoms with E-state index in [-0.39, 0.29) is 10.9 Å². The number of thiocarbonyl (C=S) groups is 1. The molecule has 2 N–H and O–H groups in total. The maximum Gasteiger partial charge on any atom is 0.293 e. The zero-order valence-corrected chi connectivity index (χ0v) is 24.7. The molecule has 1 aliphatic rings. The van der Waals surface area contributed by atoms with Gasteiger partial charge in [-0.05, 0) is 66.3 Å². The van der Waals surface area contributed by atoms with Crippen molar-refractivity contribution in [2.45, 2.75) is 6.54 Å². The van der Waals surface area contributed by atoms with Crippen molar-refractivity contribution in [3.63, 3.8) is 0 Å². The highest BCUT2D eigenvalue weighted by atomic mass is 79.9. The monoisotopic (exact) mass is 642 g/mol. The predicted molar refractivity (Wildman–Crippen MR) is 166 cm³/mol. The fraction of sp³-hybridized carbons (Fsp3) is 0.172. The molecule has 5 rings (SSSR count). The van der Waals surface area contributed by atoms with Gasteiger partial charge >= 0.3 is 0 Å². The van der Waals surface area contributed by atoms with Crippen molar-refractivity contribution in [2.24, 2.45) is 0 Å². The van der Waals surface area contributed by atoms with Gasteiger partial charge in [0.05, 0.1) is 10.7 Å². The molecule has 4 aromatic rings. The van der Waals surface area contributed by atoms with Crippen LogP contribution >= 0.6 is 51.3 Å². The lowest BCUT2D eigenvalue weighted by molar-refractivity contribution is 0.0951. The summed E-state index contributed by atoms with van der Waals surface area (Å²) in [7, 11) is 0. The van der Waals surface area contributed by atoms with Crippen LogP contribution in [0.4, 0.5) is 11.4 Å². The number of piperazine rings is 1. The Kier molecular flexibility index (Phi) is 8.89. The number of hydrogen-bond acceptors (Lipinski definition) is 5. The first-order valence-electron chi connectivity index (χ1n) is 12.3. The van der Waals surface area contributed by atoms with Crippen LogP contribution in [0.25, 0.3) is 11.3 Å². The number of halogens is 3. The van der Waals surface area contributed by atoms with Crippen LogP contribution in [0.5, 0.6) is 0 Å². The van der Waals surface area contributed by atoms with Crippen LogP contribution in [0, 0.1) is 0 Å². The van der Waals surface area contributed by atoms with Crippen molar-refractivity contribution in [1.82, 2.24) is 10.2 Å². The maximum atomic E-state index is 12.6. The number of nitrogens with zero attached hydrogens (tertiary/aromatic N) is 2. The third kappa shape index (κ3) is 7.01. The van der Waals surface area contributed by atoms with Crippen LogP contribution in [-0.2, 0) is 6.54 Å². The predicted octanol–water partition coefficient (Wildman–Crippen LogP) is 7.46. The zero-order chi connectivity index (χ0) is 27.4. The van der Waals surface area contributed by atoms with E-state index in [9.17, 15) is 4.79 Å². The van der Waals surface area contributed by atoms with Crippen molar-refractivity contribution in [1.29, 1.82) is 0 Å². The SMILES string of the molecule is O=C(NC(=S)Nc1ccc(N2CCN(Cc3ccccc3Cl)CC2)c(Cl)c1)c1ccc(-c2ccc(Br)cc2)o1. The molecule has 39 heavy (non-hydrogen) atoms. The number of nitrogens with one attached hydrogen (secondary N) is 2. The summed E-state index contributed by atoms with van der Waals surface area (Å²) in [4.78, 5) is 17.3. The van der Waals surface area contributed by atoms with Gasteiger partial charge < -0.3 is 14.6 Å². The summed E-state index contributed by atoms with van der Waals surface area (Å²) < 4.78 is 6.68. The summed E-state index contributed by atoms with van der Waals surface area (Å²) in [5.74, 6) is 0.325. The van der Waals surface area contributed by atoms with E-state index in [2.05, 4.69) is 42.4 Å². The molecule has 0 saturated carbocycles. The van der Waals surface area contributed by atoms with E-state index in [1.165, 1.54) is 0 Å². The van der Waals surface area contributed by atoms with Crippen molar-refractivity contribution in [3.05, 3.63) is 105 Å². The van der Waals surface area contributed by atoms with Gasteiger partial charge in [0, 0.05) is 53.5 Å². The van der Waals surface area contributed by atoms with Gasteiger partial charge in [-0.25, -0.2) is 0 Å². The maximum absolute atomic E-state index is 12.6. The van der Waals surface area contributed by atoms with Gasteiger partial charge in [0.1, 0.15) is 5.76 Å². The normalized spacial score (nSPS) is 13.8. The van der Waals surface area contributed by atoms with Gasteiger partial charge in [0.15, 0.2) is 10.9 Å². The van der Waals surface area contributed by atoms with Crippen LogP contribution < -0.4 is 15.5 Å². The Bertz CT molecular complexity index is 1490. The van der Waals surface area contributed by atoms with Gasteiger partial charge in [0.2, 0.25) is 0 Å². The number of furan rings is 1. The Morgan fingerprint density at radius 3 is 2.38 bits per heavy atom. The fourth-order valence-corrected chi connectivity index (χ4v) is 5.38. The van der Waals surface area contributed by atoms with E-state index >= 15 is 0 Å². The first-order valence-corrected chi connectivity index (χ1v) is 14.3. The van der Waals surface area contributed by atoms with Crippen molar-refractivity contribution >= 4 is 73.7 Å². The Morgan fingerprint density at radius 2 is 1.67 bits per heavy atom. The molecule has 0 atom stereocenters. The minimum atomic E-state index is -0.437. The number of rotatable bonds is 6. The lowest BCUT2D eigenvalue weighted by atomic mass is 10.2. The molecule has 0 spiro atoms. The molecule has 10 heteroatoms. The third-order valence-electron chi connectivity index (χ3n) is 6.46. The van der Waals surface area contributed by atoms with E-state index in [0.717, 1.165) is 59.0 Å². The highest BCUT2D eigenvalue weighted by Crippen LogP contribution is 2.30. The first-order chi connectivity index (χ1) is 18.9. The summed E-state index contributed by atoms with van der Waals surface area (Å²) >= 11 is 21.7. The molecule has 0 unspecified atom stereocenters. The molecule has 1 aromatic heterocycles. The molecular weight excluding hydrogens is 619 g/mol. The lowest BCUT2D eigenvalue weighted by Gasteiger charge is -2.36. The Balaban J connectivity index is 1.14. The number of anilines is 2. The molecule has 6 nitrogen and oxygen atoms in total. The van der Waals surface area contributed by atoms with Gasteiger partial charge in [-0.1, -0.05) is 69.5 Å². The highest BCUT2D eigenvalue weighted by Gasteiger charge is 2.20. The van der Waals surface area contributed by atoms with E-state index in [0.29, 0.717) is 16.5 Å². The van der Waals surface area contributed by atoms with Crippen LogP contribution in [0.1, 0.15) is 16.1 Å². The molecule has 1 aliphatic heterocycles. The fourth-order valence-electron chi connectivity index (χ4n) is 4.41.